The lowest BCUT2D eigenvalue weighted by molar-refractivity contribution is -0.167. The highest BCUT2D eigenvalue weighted by Crippen LogP contribution is 2.15. The maximum Gasteiger partial charge on any atom is 0.306 e. The van der Waals surface area contributed by atoms with Crippen molar-refractivity contribution in [2.45, 2.75) is 290 Å². The summed E-state index contributed by atoms with van der Waals surface area (Å²) in [6, 6.07) is 0. The lowest BCUT2D eigenvalue weighted by atomic mass is 10.0. The first-order valence-corrected chi connectivity index (χ1v) is 32.2. The molecule has 0 bridgehead atoms. The molecule has 0 fully saturated rings. The van der Waals surface area contributed by atoms with E-state index < -0.39 is 6.10 Å². The number of hydrogen-bond donors (Lipinski definition) is 0. The van der Waals surface area contributed by atoms with Crippen LogP contribution < -0.4 is 0 Å². The van der Waals surface area contributed by atoms with Gasteiger partial charge in [0.25, 0.3) is 0 Å². The molecule has 0 aliphatic carbocycles. The average Bonchev–Trinajstić information content (AvgIpc) is 3.44. The summed E-state index contributed by atoms with van der Waals surface area (Å²) < 4.78 is 16.9. The molecule has 0 aromatic rings. The summed E-state index contributed by atoms with van der Waals surface area (Å²) >= 11 is 0. The number of unbranched alkanes of at least 4 members (excludes halogenated alkanes) is 24. The van der Waals surface area contributed by atoms with E-state index in [0.717, 1.165) is 148 Å². The number of hydrogen-bond acceptors (Lipinski definition) is 6. The minimum Gasteiger partial charge on any atom is -0.462 e. The number of esters is 3. The van der Waals surface area contributed by atoms with Crippen molar-refractivity contribution in [2.24, 2.45) is 0 Å². The van der Waals surface area contributed by atoms with Crippen LogP contribution in [-0.4, -0.2) is 37.2 Å². The van der Waals surface area contributed by atoms with Crippen molar-refractivity contribution < 1.29 is 28.6 Å². The van der Waals surface area contributed by atoms with Gasteiger partial charge in [0.05, 0.1) is 0 Å². The Bertz CT molecular complexity index is 1670. The summed E-state index contributed by atoms with van der Waals surface area (Å²) in [5.41, 5.74) is 0. The molecule has 0 radical (unpaired) electrons. The van der Waals surface area contributed by atoms with Gasteiger partial charge < -0.3 is 14.2 Å². The van der Waals surface area contributed by atoms with E-state index in [9.17, 15) is 14.4 Å². The molecule has 1 unspecified atom stereocenters. The summed E-state index contributed by atoms with van der Waals surface area (Å²) in [6.07, 6.45) is 91.7. The lowest BCUT2D eigenvalue weighted by Crippen LogP contribution is -2.30. The molecule has 0 aromatic heterocycles. The molecule has 0 aliphatic rings. The number of rotatable bonds is 57. The van der Waals surface area contributed by atoms with Crippen LogP contribution in [0.4, 0.5) is 0 Å². The van der Waals surface area contributed by atoms with E-state index in [1.165, 1.54) is 96.3 Å². The van der Waals surface area contributed by atoms with Crippen LogP contribution in [-0.2, 0) is 28.6 Å². The molecule has 0 rings (SSSR count). The predicted molar refractivity (Wildman–Crippen MR) is 339 cm³/mol. The molecule has 6 nitrogen and oxygen atoms in total. The third kappa shape index (κ3) is 62.4. The van der Waals surface area contributed by atoms with Crippen LogP contribution in [0, 0.1) is 0 Å². The largest absolute Gasteiger partial charge is 0.462 e. The van der Waals surface area contributed by atoms with Gasteiger partial charge >= 0.3 is 17.9 Å². The Hall–Kier alpha value is -4.45. The van der Waals surface area contributed by atoms with Gasteiger partial charge in [-0.15, -0.1) is 0 Å². The lowest BCUT2D eigenvalue weighted by Gasteiger charge is -2.18. The number of carbonyl (C=O) groups excluding carboxylic acids is 3. The van der Waals surface area contributed by atoms with Crippen molar-refractivity contribution in [1.82, 2.24) is 0 Å². The summed E-state index contributed by atoms with van der Waals surface area (Å²) in [5.74, 6) is -0.945. The minimum atomic E-state index is -0.808. The fourth-order valence-electron chi connectivity index (χ4n) is 8.61. The summed E-state index contributed by atoms with van der Waals surface area (Å²) in [7, 11) is 0. The Morgan fingerprint density at radius 2 is 0.500 bits per heavy atom. The highest BCUT2D eigenvalue weighted by molar-refractivity contribution is 5.71. The van der Waals surface area contributed by atoms with Crippen molar-refractivity contribution in [3.63, 3.8) is 0 Å². The van der Waals surface area contributed by atoms with E-state index in [2.05, 4.69) is 154 Å². The van der Waals surface area contributed by atoms with Crippen LogP contribution in [0.15, 0.2) is 134 Å². The molecular formula is C72H118O6. The molecule has 78 heavy (non-hydrogen) atoms. The normalized spacial score (nSPS) is 13.0. The SMILES string of the molecule is CC/C=C\C/C=C\C/C=C\C/C=C\C/C=C\CCCCCC(=O)OC(COC(=O)CCCCCCC/C=C\C/C=C\CCCCCC)COC(=O)CCCCCCCCCCCCCC/C=C\C/C=C\C/C=C\C/C=C\CC. The molecule has 0 aromatic carbocycles. The maximum atomic E-state index is 12.9. The second-order valence-corrected chi connectivity index (χ2v) is 20.9. The van der Waals surface area contributed by atoms with Crippen LogP contribution in [0.5, 0.6) is 0 Å². The maximum absolute atomic E-state index is 12.9. The van der Waals surface area contributed by atoms with Crippen LogP contribution in [0.1, 0.15) is 284 Å². The molecule has 0 saturated carbocycles. The van der Waals surface area contributed by atoms with Crippen molar-refractivity contribution in [2.75, 3.05) is 13.2 Å². The van der Waals surface area contributed by atoms with Crippen molar-refractivity contribution in [3.8, 4) is 0 Å². The highest BCUT2D eigenvalue weighted by atomic mass is 16.6. The third-order valence-electron chi connectivity index (χ3n) is 13.4. The zero-order valence-electron chi connectivity index (χ0n) is 50.6. The highest BCUT2D eigenvalue weighted by Gasteiger charge is 2.19. The zero-order chi connectivity index (χ0) is 56.4. The first-order chi connectivity index (χ1) is 38.5. The number of ether oxygens (including phenoxy) is 3. The molecule has 0 spiro atoms. The fourth-order valence-corrected chi connectivity index (χ4v) is 8.61. The van der Waals surface area contributed by atoms with Gasteiger partial charge in [0.15, 0.2) is 6.10 Å². The average molecular weight is 1080 g/mol. The van der Waals surface area contributed by atoms with Gasteiger partial charge in [-0.2, -0.15) is 0 Å². The van der Waals surface area contributed by atoms with E-state index in [4.69, 9.17) is 14.2 Å². The summed E-state index contributed by atoms with van der Waals surface area (Å²) in [4.78, 5) is 38.3. The van der Waals surface area contributed by atoms with Crippen LogP contribution in [0.25, 0.3) is 0 Å². The smallest absolute Gasteiger partial charge is 0.306 e. The molecule has 6 heteroatoms. The van der Waals surface area contributed by atoms with Gasteiger partial charge in [0, 0.05) is 19.3 Å². The Kier molecular flexibility index (Phi) is 61.4. The Morgan fingerprint density at radius 1 is 0.269 bits per heavy atom. The molecule has 0 saturated heterocycles. The van der Waals surface area contributed by atoms with Crippen molar-refractivity contribution >= 4 is 17.9 Å². The standard InChI is InChI=1S/C72H118O6/c1-4-7-10-13-16-19-22-25-28-31-33-34-35-36-37-38-40-41-44-47-50-53-56-59-62-65-71(74)77-68-69(67-76-70(73)64-61-58-55-52-49-46-43-30-27-24-21-18-15-12-9-6-3)78-72(75)66-63-60-57-54-51-48-45-42-39-32-29-26-23-20-17-14-11-8-5-2/h7-8,10-11,16-17,19-21,24-26,28-30,33-34,39,42-43,48,51,69H,4-6,9,12-15,18,22-23,27,31-32,35-38,40-41,44-47,49-50,52-68H2,1-3H3/b10-7-,11-8-,19-16-,20-17-,24-21-,28-25-,29-26-,34-33-,42-39-,43-30-,51-48-. The Morgan fingerprint density at radius 3 is 0.795 bits per heavy atom. The molecule has 1 atom stereocenters. The van der Waals surface area contributed by atoms with E-state index in [0.29, 0.717) is 12.8 Å². The fraction of sp³-hybridized carbons (Fsp3) is 0.653. The molecule has 442 valence electrons. The molecule has 0 heterocycles. The molecule has 0 amide bonds. The van der Waals surface area contributed by atoms with E-state index >= 15 is 0 Å². The summed E-state index contributed by atoms with van der Waals surface area (Å²) in [5, 5.41) is 0. The van der Waals surface area contributed by atoms with E-state index in [-0.39, 0.29) is 37.5 Å². The van der Waals surface area contributed by atoms with Gasteiger partial charge in [-0.1, -0.05) is 264 Å². The van der Waals surface area contributed by atoms with Crippen LogP contribution in [0.2, 0.25) is 0 Å². The van der Waals surface area contributed by atoms with Gasteiger partial charge in [0.2, 0.25) is 0 Å². The Balaban J connectivity index is 4.43. The second kappa shape index (κ2) is 65.1. The first kappa shape index (κ1) is 73.5. The zero-order valence-corrected chi connectivity index (χ0v) is 50.6. The quantitative estimate of drug-likeness (QED) is 0.0261. The van der Waals surface area contributed by atoms with Gasteiger partial charge in [0.1, 0.15) is 13.2 Å². The first-order valence-electron chi connectivity index (χ1n) is 32.2. The van der Waals surface area contributed by atoms with Gasteiger partial charge in [-0.05, 0) is 135 Å². The van der Waals surface area contributed by atoms with E-state index in [1.807, 2.05) is 0 Å². The number of allylic oxidation sites excluding steroid dienone is 22. The van der Waals surface area contributed by atoms with Gasteiger partial charge in [-0.25, -0.2) is 0 Å². The minimum absolute atomic E-state index is 0.100. The van der Waals surface area contributed by atoms with Crippen LogP contribution in [0.3, 0.4) is 0 Å². The van der Waals surface area contributed by atoms with Crippen LogP contribution >= 0.6 is 0 Å². The molecule has 0 N–H and O–H groups in total. The van der Waals surface area contributed by atoms with E-state index in [1.54, 1.807) is 0 Å². The molecular weight excluding hydrogens is 961 g/mol. The third-order valence-corrected chi connectivity index (χ3v) is 13.4. The second-order valence-electron chi connectivity index (χ2n) is 20.9. The van der Waals surface area contributed by atoms with Crippen molar-refractivity contribution in [1.29, 1.82) is 0 Å². The summed E-state index contributed by atoms with van der Waals surface area (Å²) in [6.45, 7) is 6.37. The topological polar surface area (TPSA) is 78.9 Å². The Labute approximate surface area is 481 Å². The number of carbonyl (C=O) groups is 3. The monoisotopic (exact) mass is 1080 g/mol. The van der Waals surface area contributed by atoms with Crippen molar-refractivity contribution in [3.05, 3.63) is 134 Å². The van der Waals surface area contributed by atoms with Gasteiger partial charge in [-0.3, -0.25) is 14.4 Å². The molecule has 0 aliphatic heterocycles. The predicted octanol–water partition coefficient (Wildman–Crippen LogP) is 22.2.